The summed E-state index contributed by atoms with van der Waals surface area (Å²) in [6.07, 6.45) is -0.191. The molecule has 1 fully saturated rings. The van der Waals surface area contributed by atoms with E-state index in [4.69, 9.17) is 20.9 Å². The molecule has 0 spiro atoms. The van der Waals surface area contributed by atoms with Crippen molar-refractivity contribution in [2.75, 3.05) is 18.9 Å². The third kappa shape index (κ3) is 1.83. The van der Waals surface area contributed by atoms with Crippen LogP contribution in [0, 0.1) is 11.7 Å². The van der Waals surface area contributed by atoms with Gasteiger partial charge in [-0.1, -0.05) is 0 Å². The second-order valence-corrected chi connectivity index (χ2v) is 5.14. The Kier molecular flexibility index (Phi) is 2.63. The summed E-state index contributed by atoms with van der Waals surface area (Å²) in [6.45, 7) is 2.75. The normalized spacial score (nSPS) is 33.5. The quantitative estimate of drug-likeness (QED) is 0.742. The number of rotatable bonds is 1. The van der Waals surface area contributed by atoms with Gasteiger partial charge in [-0.05, 0) is 25.1 Å². The summed E-state index contributed by atoms with van der Waals surface area (Å²) in [5, 5.41) is 0. The molecule has 19 heavy (non-hydrogen) atoms. The molecule has 3 rings (SSSR count). The van der Waals surface area contributed by atoms with Gasteiger partial charge in [0.1, 0.15) is 11.9 Å². The van der Waals surface area contributed by atoms with E-state index in [0.29, 0.717) is 24.5 Å². The van der Waals surface area contributed by atoms with E-state index < -0.39 is 5.54 Å². The van der Waals surface area contributed by atoms with Crippen LogP contribution in [-0.2, 0) is 15.0 Å². The average Bonchev–Trinajstić information content (AvgIpc) is 2.80. The van der Waals surface area contributed by atoms with Crippen molar-refractivity contribution in [3.8, 4) is 0 Å². The zero-order chi connectivity index (χ0) is 13.6. The lowest BCUT2D eigenvalue weighted by Gasteiger charge is -2.38. The lowest BCUT2D eigenvalue weighted by atomic mass is 9.77. The summed E-state index contributed by atoms with van der Waals surface area (Å²) >= 11 is 0. The van der Waals surface area contributed by atoms with Crippen LogP contribution in [0.15, 0.2) is 23.2 Å². The molecule has 1 saturated heterocycles. The average molecular weight is 265 g/mol. The lowest BCUT2D eigenvalue weighted by molar-refractivity contribution is 0.0817. The minimum absolute atomic E-state index is 0.0658. The number of anilines is 1. The molecule has 0 bridgehead atoms. The standard InChI is InChI=1S/C13H16FN3O2/c1-13(8-4-7(15)2-3-10(8)14)9-5-18-6-11(9)19-12(16)17-13/h2-4,9,11H,5-6,15H2,1H3,(H2,16,17)/t9-,11+,13+/m0/s1. The van der Waals surface area contributed by atoms with Crippen LogP contribution in [0.5, 0.6) is 0 Å². The first-order chi connectivity index (χ1) is 9.00. The van der Waals surface area contributed by atoms with Gasteiger partial charge in [0.2, 0.25) is 0 Å². The van der Waals surface area contributed by atoms with Crippen LogP contribution >= 0.6 is 0 Å². The van der Waals surface area contributed by atoms with E-state index in [0.717, 1.165) is 0 Å². The summed E-state index contributed by atoms with van der Waals surface area (Å²) in [7, 11) is 0. The molecule has 2 heterocycles. The number of hydrogen-bond donors (Lipinski definition) is 2. The van der Waals surface area contributed by atoms with Gasteiger partial charge in [-0.15, -0.1) is 0 Å². The maximum absolute atomic E-state index is 14.1. The van der Waals surface area contributed by atoms with Crippen molar-refractivity contribution >= 4 is 11.7 Å². The number of ether oxygens (including phenoxy) is 2. The first-order valence-corrected chi connectivity index (χ1v) is 6.16. The molecule has 2 aliphatic heterocycles. The third-order valence-corrected chi connectivity index (χ3v) is 3.90. The summed E-state index contributed by atoms with van der Waals surface area (Å²) in [4.78, 5) is 4.33. The van der Waals surface area contributed by atoms with Crippen LogP contribution in [0.4, 0.5) is 10.1 Å². The second-order valence-electron chi connectivity index (χ2n) is 5.14. The van der Waals surface area contributed by atoms with Crippen molar-refractivity contribution < 1.29 is 13.9 Å². The number of aliphatic imine (C=N–C) groups is 1. The fourth-order valence-corrected chi connectivity index (χ4v) is 2.86. The number of nitrogens with two attached hydrogens (primary N) is 2. The highest BCUT2D eigenvalue weighted by molar-refractivity contribution is 5.73. The van der Waals surface area contributed by atoms with E-state index in [-0.39, 0.29) is 23.9 Å². The van der Waals surface area contributed by atoms with Crippen LogP contribution in [-0.4, -0.2) is 25.3 Å². The molecule has 5 nitrogen and oxygen atoms in total. The molecule has 0 aromatic heterocycles. The summed E-state index contributed by atoms with van der Waals surface area (Å²) in [6, 6.07) is 4.54. The molecular formula is C13H16FN3O2. The van der Waals surface area contributed by atoms with Gasteiger partial charge >= 0.3 is 0 Å². The van der Waals surface area contributed by atoms with E-state index in [1.807, 2.05) is 6.92 Å². The number of nitrogens with zero attached hydrogens (tertiary/aromatic N) is 1. The SMILES string of the molecule is C[C@]1(c2cc(N)ccc2F)N=C(N)O[C@@H]2COC[C@@H]21. The molecule has 2 aliphatic rings. The third-order valence-electron chi connectivity index (χ3n) is 3.90. The largest absolute Gasteiger partial charge is 0.459 e. The van der Waals surface area contributed by atoms with Crippen molar-refractivity contribution in [1.82, 2.24) is 0 Å². The van der Waals surface area contributed by atoms with Crippen molar-refractivity contribution in [2.45, 2.75) is 18.6 Å². The van der Waals surface area contributed by atoms with Crippen LogP contribution in [0.3, 0.4) is 0 Å². The molecule has 3 atom stereocenters. The maximum atomic E-state index is 14.1. The number of benzene rings is 1. The molecule has 0 aliphatic carbocycles. The maximum Gasteiger partial charge on any atom is 0.283 e. The Labute approximate surface area is 110 Å². The van der Waals surface area contributed by atoms with E-state index >= 15 is 0 Å². The van der Waals surface area contributed by atoms with Crippen LogP contribution in [0.25, 0.3) is 0 Å². The summed E-state index contributed by atoms with van der Waals surface area (Å²) in [5.41, 5.74) is 11.6. The Morgan fingerprint density at radius 1 is 1.37 bits per heavy atom. The first kappa shape index (κ1) is 12.2. The monoisotopic (exact) mass is 265 g/mol. The first-order valence-electron chi connectivity index (χ1n) is 6.16. The van der Waals surface area contributed by atoms with Gasteiger partial charge in [0.05, 0.1) is 24.7 Å². The highest BCUT2D eigenvalue weighted by Gasteiger charge is 2.49. The minimum Gasteiger partial charge on any atom is -0.459 e. The highest BCUT2D eigenvalue weighted by atomic mass is 19.1. The predicted molar refractivity (Wildman–Crippen MR) is 69.0 cm³/mol. The smallest absolute Gasteiger partial charge is 0.283 e. The summed E-state index contributed by atoms with van der Waals surface area (Å²) in [5.74, 6) is -0.420. The molecule has 4 N–H and O–H groups in total. The molecule has 1 aromatic carbocycles. The summed E-state index contributed by atoms with van der Waals surface area (Å²) < 4.78 is 25.0. The van der Waals surface area contributed by atoms with Gasteiger partial charge in [-0.25, -0.2) is 9.38 Å². The topological polar surface area (TPSA) is 82.9 Å². The van der Waals surface area contributed by atoms with Crippen molar-refractivity contribution in [2.24, 2.45) is 16.6 Å². The molecule has 102 valence electrons. The van der Waals surface area contributed by atoms with Crippen molar-refractivity contribution in [1.29, 1.82) is 0 Å². The molecule has 0 saturated carbocycles. The number of fused-ring (bicyclic) bond motifs is 1. The number of halogens is 1. The Hall–Kier alpha value is -1.82. The van der Waals surface area contributed by atoms with E-state index in [1.165, 1.54) is 12.1 Å². The van der Waals surface area contributed by atoms with Gasteiger partial charge in [0, 0.05) is 11.3 Å². The zero-order valence-corrected chi connectivity index (χ0v) is 10.6. The highest BCUT2D eigenvalue weighted by Crippen LogP contribution is 2.43. The van der Waals surface area contributed by atoms with Gasteiger partial charge in [0.15, 0.2) is 0 Å². The molecule has 0 unspecified atom stereocenters. The van der Waals surface area contributed by atoms with Crippen LogP contribution in [0.2, 0.25) is 0 Å². The van der Waals surface area contributed by atoms with Gasteiger partial charge in [0.25, 0.3) is 6.02 Å². The fraction of sp³-hybridized carbons (Fsp3) is 0.462. The number of amidine groups is 1. The van der Waals surface area contributed by atoms with Gasteiger partial charge in [-0.2, -0.15) is 0 Å². The van der Waals surface area contributed by atoms with E-state index in [9.17, 15) is 4.39 Å². The van der Waals surface area contributed by atoms with E-state index in [1.54, 1.807) is 6.07 Å². The predicted octanol–water partition coefficient (Wildman–Crippen LogP) is 0.983. The second kappa shape index (κ2) is 4.09. The Morgan fingerprint density at radius 3 is 2.95 bits per heavy atom. The molecule has 0 radical (unpaired) electrons. The molecule has 1 aromatic rings. The van der Waals surface area contributed by atoms with E-state index in [2.05, 4.69) is 4.99 Å². The molecule has 6 heteroatoms. The minimum atomic E-state index is -0.817. The Balaban J connectivity index is 2.14. The number of nitrogen functional groups attached to an aromatic ring is 1. The van der Waals surface area contributed by atoms with Crippen LogP contribution < -0.4 is 11.5 Å². The van der Waals surface area contributed by atoms with Crippen molar-refractivity contribution in [3.05, 3.63) is 29.6 Å². The number of hydrogen-bond acceptors (Lipinski definition) is 5. The van der Waals surface area contributed by atoms with Crippen LogP contribution in [0.1, 0.15) is 12.5 Å². The fourth-order valence-electron chi connectivity index (χ4n) is 2.86. The Morgan fingerprint density at radius 2 is 2.16 bits per heavy atom. The zero-order valence-electron chi connectivity index (χ0n) is 10.6. The molecular weight excluding hydrogens is 249 g/mol. The van der Waals surface area contributed by atoms with Crippen molar-refractivity contribution in [3.63, 3.8) is 0 Å². The molecule has 0 amide bonds. The van der Waals surface area contributed by atoms with Gasteiger partial charge in [-0.3, -0.25) is 0 Å². The van der Waals surface area contributed by atoms with Gasteiger partial charge < -0.3 is 20.9 Å². The lowest BCUT2D eigenvalue weighted by Crippen LogP contribution is -2.47. The Bertz CT molecular complexity index is 549.